The minimum Gasteiger partial charge on any atom is -0.508 e. The highest BCUT2D eigenvalue weighted by molar-refractivity contribution is 5.89. The molecule has 0 saturated carbocycles. The Balaban J connectivity index is 2.14. The van der Waals surface area contributed by atoms with Crippen LogP contribution in [0.4, 0.5) is 5.69 Å². The van der Waals surface area contributed by atoms with E-state index >= 15 is 0 Å². The number of nitrogens with one attached hydrogen (secondary N) is 1. The molecule has 76 valence electrons. The summed E-state index contributed by atoms with van der Waals surface area (Å²) in [6, 6.07) is 5.67. The van der Waals surface area contributed by atoms with E-state index in [2.05, 4.69) is 17.6 Å². The van der Waals surface area contributed by atoms with Gasteiger partial charge in [0.2, 0.25) is 0 Å². The van der Waals surface area contributed by atoms with Gasteiger partial charge in [0, 0.05) is 36.3 Å². The van der Waals surface area contributed by atoms with Crippen molar-refractivity contribution in [1.29, 1.82) is 0 Å². The van der Waals surface area contributed by atoms with Crippen LogP contribution in [-0.2, 0) is 0 Å². The molecule has 15 heavy (non-hydrogen) atoms. The summed E-state index contributed by atoms with van der Waals surface area (Å²) in [5.41, 5.74) is 3.39. The predicted molar refractivity (Wildman–Crippen MR) is 60.4 cm³/mol. The minimum atomic E-state index is 0.248. The molecule has 0 saturated heterocycles. The number of phenols is 1. The number of hydrogen-bond donors (Lipinski definition) is 2. The molecule has 1 aromatic carbocycles. The van der Waals surface area contributed by atoms with Crippen LogP contribution in [-0.4, -0.2) is 23.1 Å². The zero-order valence-electron chi connectivity index (χ0n) is 8.44. The number of fused-ring (bicyclic) bond motifs is 3. The van der Waals surface area contributed by atoms with Crippen LogP contribution in [0.5, 0.6) is 5.75 Å². The Morgan fingerprint density at radius 3 is 3.13 bits per heavy atom. The fourth-order valence-corrected chi connectivity index (χ4v) is 2.10. The molecule has 0 fully saturated rings. The van der Waals surface area contributed by atoms with Gasteiger partial charge in [0.25, 0.3) is 0 Å². The topological polar surface area (TPSA) is 35.5 Å². The molecule has 2 aliphatic heterocycles. The Hall–Kier alpha value is -1.90. The van der Waals surface area contributed by atoms with Crippen LogP contribution in [0.25, 0.3) is 5.57 Å². The van der Waals surface area contributed by atoms with Crippen molar-refractivity contribution >= 4 is 11.3 Å². The minimum absolute atomic E-state index is 0.248. The van der Waals surface area contributed by atoms with Gasteiger partial charge in [0.1, 0.15) is 5.75 Å². The summed E-state index contributed by atoms with van der Waals surface area (Å²) in [5.74, 6) is 0.314. The summed E-state index contributed by atoms with van der Waals surface area (Å²) in [6.07, 6.45) is 6.24. The smallest absolute Gasteiger partial charge is 0.116 e. The van der Waals surface area contributed by atoms with Gasteiger partial charge in [-0.3, -0.25) is 0 Å². The van der Waals surface area contributed by atoms with E-state index in [1.807, 2.05) is 24.2 Å². The van der Waals surface area contributed by atoms with Gasteiger partial charge in [-0.25, -0.2) is 0 Å². The Morgan fingerprint density at radius 1 is 1.40 bits per heavy atom. The van der Waals surface area contributed by atoms with Gasteiger partial charge < -0.3 is 15.3 Å². The number of nitrogens with zero attached hydrogens (tertiary/aromatic N) is 1. The average molecular weight is 200 g/mol. The van der Waals surface area contributed by atoms with E-state index in [-0.39, 0.29) is 6.04 Å². The summed E-state index contributed by atoms with van der Waals surface area (Å²) in [4.78, 5) is 2.02. The predicted octanol–water partition coefficient (Wildman–Crippen LogP) is 1.99. The zero-order chi connectivity index (χ0) is 10.4. The third kappa shape index (κ3) is 1.20. The van der Waals surface area contributed by atoms with Crippen LogP contribution in [0, 0.1) is 0 Å². The van der Waals surface area contributed by atoms with Crippen LogP contribution in [0.1, 0.15) is 5.56 Å². The third-order valence-electron chi connectivity index (χ3n) is 2.82. The van der Waals surface area contributed by atoms with Crippen LogP contribution >= 0.6 is 0 Å². The molecule has 0 spiro atoms. The Bertz CT molecular complexity index is 477. The van der Waals surface area contributed by atoms with Crippen molar-refractivity contribution < 1.29 is 5.11 Å². The third-order valence-corrected chi connectivity index (χ3v) is 2.82. The number of anilines is 1. The van der Waals surface area contributed by atoms with Gasteiger partial charge in [-0.1, -0.05) is 0 Å². The summed E-state index contributed by atoms with van der Waals surface area (Å²) < 4.78 is 0. The van der Waals surface area contributed by atoms with Crippen molar-refractivity contribution in [3.8, 4) is 5.75 Å². The second kappa shape index (κ2) is 2.79. The normalized spacial score (nSPS) is 21.8. The van der Waals surface area contributed by atoms with Crippen molar-refractivity contribution in [3.05, 3.63) is 42.2 Å². The lowest BCUT2D eigenvalue weighted by Gasteiger charge is -2.19. The largest absolute Gasteiger partial charge is 0.508 e. The van der Waals surface area contributed by atoms with Crippen molar-refractivity contribution in [1.82, 2.24) is 4.90 Å². The maximum Gasteiger partial charge on any atom is 0.116 e. The second-order valence-electron chi connectivity index (χ2n) is 3.94. The van der Waals surface area contributed by atoms with Gasteiger partial charge in [0.05, 0.1) is 6.04 Å². The van der Waals surface area contributed by atoms with E-state index in [9.17, 15) is 5.11 Å². The van der Waals surface area contributed by atoms with E-state index in [1.165, 1.54) is 5.57 Å². The molecule has 0 amide bonds. The molecule has 1 aromatic rings. The van der Waals surface area contributed by atoms with Crippen molar-refractivity contribution in [2.45, 2.75) is 6.04 Å². The van der Waals surface area contributed by atoms with Crippen molar-refractivity contribution in [3.63, 3.8) is 0 Å². The first-order valence-corrected chi connectivity index (χ1v) is 4.96. The molecule has 3 nitrogen and oxygen atoms in total. The molecule has 1 unspecified atom stereocenters. The molecular formula is C12H12N2O. The number of aromatic hydroxyl groups is 1. The molecule has 1 atom stereocenters. The molecule has 0 radical (unpaired) electrons. The molecule has 0 aliphatic carbocycles. The SMILES string of the molecule is CN1C=CC2Nc3ccc(O)cc3C2=C1. The maximum atomic E-state index is 9.47. The van der Waals surface area contributed by atoms with Gasteiger partial charge in [-0.05, 0) is 24.3 Å². The highest BCUT2D eigenvalue weighted by Gasteiger charge is 2.26. The average Bonchev–Trinajstić information content (AvgIpc) is 2.56. The molecule has 3 rings (SSSR count). The summed E-state index contributed by atoms with van der Waals surface area (Å²) in [5, 5.41) is 12.9. The van der Waals surface area contributed by atoms with E-state index in [1.54, 1.807) is 12.1 Å². The number of benzene rings is 1. The van der Waals surface area contributed by atoms with Crippen LogP contribution < -0.4 is 5.32 Å². The highest BCUT2D eigenvalue weighted by atomic mass is 16.3. The van der Waals surface area contributed by atoms with Gasteiger partial charge >= 0.3 is 0 Å². The fourth-order valence-electron chi connectivity index (χ4n) is 2.10. The van der Waals surface area contributed by atoms with E-state index in [0.717, 1.165) is 11.3 Å². The highest BCUT2D eigenvalue weighted by Crippen LogP contribution is 2.39. The second-order valence-corrected chi connectivity index (χ2v) is 3.94. The molecule has 2 aliphatic rings. The number of rotatable bonds is 0. The van der Waals surface area contributed by atoms with Gasteiger partial charge in [-0.2, -0.15) is 0 Å². The lowest BCUT2D eigenvalue weighted by Crippen LogP contribution is -2.18. The molecule has 0 bridgehead atoms. The van der Waals surface area contributed by atoms with Crippen LogP contribution in [0.2, 0.25) is 0 Å². The zero-order valence-corrected chi connectivity index (χ0v) is 8.44. The Morgan fingerprint density at radius 2 is 2.27 bits per heavy atom. The summed E-state index contributed by atoms with van der Waals surface area (Å²) in [7, 11) is 2.00. The van der Waals surface area contributed by atoms with E-state index in [4.69, 9.17) is 0 Å². The van der Waals surface area contributed by atoms with Gasteiger partial charge in [0.15, 0.2) is 0 Å². The molecule has 0 aromatic heterocycles. The van der Waals surface area contributed by atoms with Gasteiger partial charge in [-0.15, -0.1) is 0 Å². The maximum absolute atomic E-state index is 9.47. The monoisotopic (exact) mass is 200 g/mol. The fraction of sp³-hybridized carbons (Fsp3) is 0.167. The van der Waals surface area contributed by atoms with E-state index < -0.39 is 0 Å². The molecule has 3 heteroatoms. The van der Waals surface area contributed by atoms with Crippen molar-refractivity contribution in [2.24, 2.45) is 0 Å². The Kier molecular flexibility index (Phi) is 1.57. The quantitative estimate of drug-likeness (QED) is 0.629. The molecule has 2 heterocycles. The molecule has 2 N–H and O–H groups in total. The standard InChI is InChI=1S/C12H12N2O/c1-14-5-4-12-10(7-14)9-6-8(15)2-3-11(9)13-12/h2-7,12-13,15H,1H3. The number of phenolic OH excluding ortho intramolecular Hbond substituents is 1. The van der Waals surface area contributed by atoms with Crippen molar-refractivity contribution in [2.75, 3.05) is 12.4 Å². The van der Waals surface area contributed by atoms with Crippen LogP contribution in [0.3, 0.4) is 0 Å². The summed E-state index contributed by atoms with van der Waals surface area (Å²) in [6.45, 7) is 0. The first-order valence-electron chi connectivity index (χ1n) is 4.96. The Labute approximate surface area is 88.3 Å². The summed E-state index contributed by atoms with van der Waals surface area (Å²) >= 11 is 0. The lowest BCUT2D eigenvalue weighted by atomic mass is 10.0. The molecular weight excluding hydrogens is 188 g/mol. The lowest BCUT2D eigenvalue weighted by molar-refractivity contribution is 0.475. The van der Waals surface area contributed by atoms with E-state index in [0.29, 0.717) is 5.75 Å². The first-order chi connectivity index (χ1) is 7.24. The number of hydrogen-bond acceptors (Lipinski definition) is 3. The first kappa shape index (κ1) is 8.41. The van der Waals surface area contributed by atoms with Crippen LogP contribution in [0.15, 0.2) is 36.7 Å².